The first-order valence-electron chi connectivity index (χ1n) is 11.9. The van der Waals surface area contributed by atoms with Gasteiger partial charge in [-0.3, -0.25) is 13.5 Å². The van der Waals surface area contributed by atoms with Crippen molar-refractivity contribution in [1.29, 1.82) is 0 Å². The van der Waals surface area contributed by atoms with Crippen LogP contribution in [0.1, 0.15) is 23.1 Å². The number of carboxylic acid groups (broad SMARTS) is 2. The normalized spacial score (nSPS) is 13.4. The summed E-state index contributed by atoms with van der Waals surface area (Å²) in [5, 5.41) is 19.5. The van der Waals surface area contributed by atoms with E-state index in [2.05, 4.69) is 0 Å². The molecule has 0 saturated carbocycles. The van der Waals surface area contributed by atoms with Gasteiger partial charge in [-0.15, -0.1) is 0 Å². The average molecular weight is 577 g/mol. The second-order valence-electron chi connectivity index (χ2n) is 8.69. The van der Waals surface area contributed by atoms with Crippen LogP contribution in [0.15, 0.2) is 91.0 Å². The maximum absolute atomic E-state index is 13.7. The molecular formula is C27H29O10PS. The molecule has 3 rings (SSSR count). The zero-order valence-electron chi connectivity index (χ0n) is 20.9. The maximum atomic E-state index is 13.7. The predicted octanol–water partition coefficient (Wildman–Crippen LogP) is 4.70. The van der Waals surface area contributed by atoms with Crippen molar-refractivity contribution in [3.05, 3.63) is 108 Å². The number of carbonyl (C=O) groups is 2. The van der Waals surface area contributed by atoms with E-state index < -0.39 is 60.0 Å². The topological polar surface area (TPSA) is 154 Å². The molecule has 0 aliphatic rings. The maximum Gasteiger partial charge on any atom is 0.334 e. The number of carboxylic acids is 2. The molecule has 0 aliphatic heterocycles. The van der Waals surface area contributed by atoms with Crippen molar-refractivity contribution in [3.63, 3.8) is 0 Å². The molecule has 0 aromatic heterocycles. The van der Waals surface area contributed by atoms with Crippen LogP contribution >= 0.6 is 7.60 Å². The lowest BCUT2D eigenvalue weighted by Crippen LogP contribution is -2.33. The smallest absolute Gasteiger partial charge is 0.334 e. The molecular weight excluding hydrogens is 547 g/mol. The highest BCUT2D eigenvalue weighted by Gasteiger charge is 2.38. The second kappa shape index (κ2) is 14.2. The van der Waals surface area contributed by atoms with E-state index in [0.29, 0.717) is 16.7 Å². The number of aliphatic carboxylic acids is 2. The van der Waals surface area contributed by atoms with Crippen molar-refractivity contribution >= 4 is 29.7 Å². The lowest BCUT2D eigenvalue weighted by Gasteiger charge is -2.24. The number of rotatable bonds is 16. The lowest BCUT2D eigenvalue weighted by atomic mass is 10.0. The first-order valence-corrected chi connectivity index (χ1v) is 15.2. The third-order valence-corrected chi connectivity index (χ3v) is 8.70. The van der Waals surface area contributed by atoms with E-state index in [0.717, 1.165) is 0 Å². The van der Waals surface area contributed by atoms with Gasteiger partial charge in [-0.1, -0.05) is 91.0 Å². The van der Waals surface area contributed by atoms with Gasteiger partial charge in [0, 0.05) is 0 Å². The van der Waals surface area contributed by atoms with Crippen LogP contribution < -0.4 is 0 Å². The van der Waals surface area contributed by atoms with E-state index in [1.807, 2.05) is 0 Å². The van der Waals surface area contributed by atoms with Crippen LogP contribution in [0.3, 0.4) is 0 Å². The van der Waals surface area contributed by atoms with Crippen LogP contribution in [0, 0.1) is 5.92 Å². The fourth-order valence-electron chi connectivity index (χ4n) is 3.59. The molecule has 0 unspecified atom stereocenters. The fourth-order valence-corrected chi connectivity index (χ4v) is 6.59. The Kier molecular flexibility index (Phi) is 11.0. The van der Waals surface area contributed by atoms with E-state index in [1.165, 1.54) is 12.1 Å². The predicted molar refractivity (Wildman–Crippen MR) is 142 cm³/mol. The van der Waals surface area contributed by atoms with Crippen LogP contribution in [0.4, 0.5) is 0 Å². The van der Waals surface area contributed by atoms with Crippen LogP contribution in [0.5, 0.6) is 0 Å². The summed E-state index contributed by atoms with van der Waals surface area (Å²) in [4.78, 5) is 24.0. The Morgan fingerprint density at radius 3 is 1.56 bits per heavy atom. The summed E-state index contributed by atoms with van der Waals surface area (Å²) < 4.78 is 54.9. The van der Waals surface area contributed by atoms with Gasteiger partial charge in [0.25, 0.3) is 10.1 Å². The van der Waals surface area contributed by atoms with E-state index >= 15 is 0 Å². The molecule has 3 aromatic carbocycles. The number of benzene rings is 3. The van der Waals surface area contributed by atoms with Gasteiger partial charge in [0.1, 0.15) is 5.75 Å². The van der Waals surface area contributed by atoms with Gasteiger partial charge in [0.15, 0.2) is 6.10 Å². The van der Waals surface area contributed by atoms with E-state index in [1.54, 1.807) is 78.9 Å². The molecule has 39 heavy (non-hydrogen) atoms. The molecule has 10 nitrogen and oxygen atoms in total. The zero-order chi connectivity index (χ0) is 28.3. The van der Waals surface area contributed by atoms with E-state index in [-0.39, 0.29) is 13.2 Å². The molecule has 2 N–H and O–H groups in total. The van der Waals surface area contributed by atoms with Crippen molar-refractivity contribution < 1.29 is 46.0 Å². The molecule has 0 amide bonds. The Bertz CT molecular complexity index is 1320. The monoisotopic (exact) mass is 576 g/mol. The van der Waals surface area contributed by atoms with Gasteiger partial charge < -0.3 is 19.3 Å². The van der Waals surface area contributed by atoms with Crippen LogP contribution in [-0.2, 0) is 56.5 Å². The second-order valence-corrected chi connectivity index (χ2v) is 12.4. The Balaban J connectivity index is 1.77. The zero-order valence-corrected chi connectivity index (χ0v) is 22.6. The molecule has 0 aliphatic carbocycles. The van der Waals surface area contributed by atoms with Gasteiger partial charge in [-0.2, -0.15) is 8.42 Å². The third kappa shape index (κ3) is 10.4. The van der Waals surface area contributed by atoms with E-state index in [4.69, 9.17) is 13.2 Å². The van der Waals surface area contributed by atoms with Gasteiger partial charge >= 0.3 is 19.5 Å². The summed E-state index contributed by atoms with van der Waals surface area (Å²) in [6.07, 6.45) is -3.52. The quantitative estimate of drug-likeness (QED) is 0.181. The SMILES string of the molecule is O=C(O)[C@H](C[C@@H](OS(=O)(=O)Cc1ccccc1)C(=O)O)CP(=O)(OCc1ccccc1)OCc1ccccc1. The highest BCUT2D eigenvalue weighted by Crippen LogP contribution is 2.52. The Hall–Kier alpha value is -3.34. The summed E-state index contributed by atoms with van der Waals surface area (Å²) in [5.41, 5.74) is 1.68. The van der Waals surface area contributed by atoms with Gasteiger partial charge in [-0.05, 0) is 23.1 Å². The minimum atomic E-state index is -4.39. The van der Waals surface area contributed by atoms with E-state index in [9.17, 15) is 32.8 Å². The third-order valence-electron chi connectivity index (χ3n) is 5.56. The van der Waals surface area contributed by atoms with Crippen molar-refractivity contribution in [2.24, 2.45) is 5.92 Å². The summed E-state index contributed by atoms with van der Waals surface area (Å²) in [6, 6.07) is 25.4. The minimum absolute atomic E-state index is 0.149. The molecule has 0 bridgehead atoms. The van der Waals surface area contributed by atoms with Crippen molar-refractivity contribution in [2.75, 3.05) is 6.16 Å². The van der Waals surface area contributed by atoms with Crippen LogP contribution in [-0.4, -0.2) is 42.8 Å². The molecule has 0 heterocycles. The average Bonchev–Trinajstić information content (AvgIpc) is 2.91. The molecule has 0 spiro atoms. The summed E-state index contributed by atoms with van der Waals surface area (Å²) in [6.45, 7) is -0.298. The molecule has 0 fully saturated rings. The largest absolute Gasteiger partial charge is 0.481 e. The molecule has 12 heteroatoms. The molecule has 0 saturated heterocycles. The molecule has 2 atom stereocenters. The number of hydrogen-bond donors (Lipinski definition) is 2. The lowest BCUT2D eigenvalue weighted by molar-refractivity contribution is -0.148. The van der Waals surface area contributed by atoms with Crippen LogP contribution in [0.2, 0.25) is 0 Å². The Morgan fingerprint density at radius 1 is 0.718 bits per heavy atom. The summed E-state index contributed by atoms with van der Waals surface area (Å²) >= 11 is 0. The molecule has 208 valence electrons. The van der Waals surface area contributed by atoms with Crippen molar-refractivity contribution in [3.8, 4) is 0 Å². The standard InChI is InChI=1S/C27H29O10PS/c28-26(29)24(16-25(27(30)31)37-39(33,34)20-23-14-8-3-9-15-23)19-38(32,35-17-21-10-4-1-5-11-21)36-18-22-12-6-2-7-13-22/h1-15,24-25H,16-20H2,(H,28,29)(H,30,31)/t24-,25-/m1/s1. The first kappa shape index (κ1) is 30.2. The molecule has 3 aromatic rings. The number of hydrogen-bond acceptors (Lipinski definition) is 8. The van der Waals surface area contributed by atoms with Crippen LogP contribution in [0.25, 0.3) is 0 Å². The van der Waals surface area contributed by atoms with Gasteiger partial charge in [0.2, 0.25) is 0 Å². The van der Waals surface area contributed by atoms with Gasteiger partial charge in [-0.25, -0.2) is 4.79 Å². The van der Waals surface area contributed by atoms with Crippen molar-refractivity contribution in [1.82, 2.24) is 0 Å². The fraction of sp³-hybridized carbons (Fsp3) is 0.259. The van der Waals surface area contributed by atoms with Crippen molar-refractivity contribution in [2.45, 2.75) is 31.5 Å². The highest BCUT2D eigenvalue weighted by atomic mass is 32.2. The summed E-state index contributed by atoms with van der Waals surface area (Å²) in [5.74, 6) is -5.40. The van der Waals surface area contributed by atoms with Gasteiger partial charge in [0.05, 0.1) is 25.3 Å². The molecule has 0 radical (unpaired) electrons. The first-order chi connectivity index (χ1) is 18.6. The summed E-state index contributed by atoms with van der Waals surface area (Å²) in [7, 11) is -8.52. The highest BCUT2D eigenvalue weighted by molar-refractivity contribution is 7.85. The Labute approximate surface area is 226 Å². The Morgan fingerprint density at radius 2 is 1.15 bits per heavy atom. The minimum Gasteiger partial charge on any atom is -0.481 e.